The van der Waals surface area contributed by atoms with Crippen LogP contribution in [0.2, 0.25) is 0 Å². The van der Waals surface area contributed by atoms with Crippen LogP contribution < -0.4 is 9.64 Å². The van der Waals surface area contributed by atoms with Crippen LogP contribution in [0.1, 0.15) is 0 Å². The van der Waals surface area contributed by atoms with Crippen LogP contribution in [0.4, 0.5) is 5.95 Å². The van der Waals surface area contributed by atoms with Crippen molar-refractivity contribution in [2.75, 3.05) is 19.1 Å². The molecule has 0 aliphatic heterocycles. The Labute approximate surface area is 105 Å². The first kappa shape index (κ1) is 11.9. The van der Waals surface area contributed by atoms with Crippen molar-refractivity contribution in [3.63, 3.8) is 0 Å². The molecule has 0 aliphatic carbocycles. The number of anilines is 1. The van der Waals surface area contributed by atoms with Crippen LogP contribution in [0.5, 0.6) is 5.75 Å². The van der Waals surface area contributed by atoms with Gasteiger partial charge in [0.2, 0.25) is 5.95 Å². The molecule has 2 aromatic rings. The Hall–Kier alpha value is -2.61. The van der Waals surface area contributed by atoms with E-state index in [1.165, 1.54) is 4.90 Å². The minimum absolute atomic E-state index is 0.379. The molecule has 0 saturated heterocycles. The van der Waals surface area contributed by atoms with Crippen molar-refractivity contribution >= 4 is 5.95 Å². The summed E-state index contributed by atoms with van der Waals surface area (Å²) in [6, 6.07) is 7.65. The largest absolute Gasteiger partial charge is 0.497 e. The minimum atomic E-state index is 0.379. The standard InChI is InChI=1S/C13H12N4O/c1-17(9-14)13-15-7-11(8-16-13)10-4-3-5-12(6-10)18-2/h3-8H,1-2H3. The van der Waals surface area contributed by atoms with Gasteiger partial charge in [-0.25, -0.2) is 9.97 Å². The monoisotopic (exact) mass is 240 g/mol. The maximum atomic E-state index is 8.72. The van der Waals surface area contributed by atoms with E-state index >= 15 is 0 Å². The molecular formula is C13H12N4O. The van der Waals surface area contributed by atoms with Crippen LogP contribution in [0, 0.1) is 11.5 Å². The highest BCUT2D eigenvalue weighted by Crippen LogP contribution is 2.23. The van der Waals surface area contributed by atoms with Gasteiger partial charge in [0.15, 0.2) is 6.19 Å². The third-order valence-corrected chi connectivity index (χ3v) is 2.49. The molecule has 1 heterocycles. The summed E-state index contributed by atoms with van der Waals surface area (Å²) in [6.45, 7) is 0. The molecule has 0 spiro atoms. The molecule has 0 bridgehead atoms. The number of ether oxygens (including phenoxy) is 1. The summed E-state index contributed by atoms with van der Waals surface area (Å²) in [7, 11) is 3.24. The highest BCUT2D eigenvalue weighted by Gasteiger charge is 2.04. The Kier molecular flexibility index (Phi) is 3.39. The fourth-order valence-corrected chi connectivity index (χ4v) is 1.49. The molecule has 1 aromatic carbocycles. The van der Waals surface area contributed by atoms with Crippen LogP contribution >= 0.6 is 0 Å². The van der Waals surface area contributed by atoms with Gasteiger partial charge in [-0.1, -0.05) is 12.1 Å². The number of nitriles is 1. The molecule has 0 fully saturated rings. The Morgan fingerprint density at radius 3 is 2.56 bits per heavy atom. The Morgan fingerprint density at radius 1 is 1.22 bits per heavy atom. The molecule has 1 aromatic heterocycles. The molecule has 0 unspecified atom stereocenters. The maximum absolute atomic E-state index is 8.72. The van der Waals surface area contributed by atoms with Crippen LogP contribution in [-0.2, 0) is 0 Å². The number of nitrogens with zero attached hydrogens (tertiary/aromatic N) is 4. The number of methoxy groups -OCH3 is 1. The van der Waals surface area contributed by atoms with Gasteiger partial charge in [-0.3, -0.25) is 4.90 Å². The van der Waals surface area contributed by atoms with Crippen molar-refractivity contribution in [2.24, 2.45) is 0 Å². The fraction of sp³-hybridized carbons (Fsp3) is 0.154. The van der Waals surface area contributed by atoms with Crippen molar-refractivity contribution in [1.82, 2.24) is 9.97 Å². The summed E-state index contributed by atoms with van der Waals surface area (Å²) >= 11 is 0. The van der Waals surface area contributed by atoms with Gasteiger partial charge in [-0.15, -0.1) is 0 Å². The lowest BCUT2D eigenvalue weighted by Gasteiger charge is -2.07. The zero-order chi connectivity index (χ0) is 13.0. The van der Waals surface area contributed by atoms with Crippen molar-refractivity contribution in [3.8, 4) is 23.1 Å². The molecule has 0 N–H and O–H groups in total. The first-order valence-electron chi connectivity index (χ1n) is 5.34. The zero-order valence-electron chi connectivity index (χ0n) is 10.2. The fourth-order valence-electron chi connectivity index (χ4n) is 1.49. The van der Waals surface area contributed by atoms with Gasteiger partial charge in [-0.05, 0) is 17.7 Å². The molecule has 0 aliphatic rings. The predicted molar refractivity (Wildman–Crippen MR) is 68.0 cm³/mol. The second-order valence-electron chi connectivity index (χ2n) is 3.66. The summed E-state index contributed by atoms with van der Waals surface area (Å²) in [6.07, 6.45) is 5.32. The summed E-state index contributed by atoms with van der Waals surface area (Å²) in [5.41, 5.74) is 1.85. The molecule has 0 atom stereocenters. The number of hydrogen-bond donors (Lipinski definition) is 0. The normalized spacial score (nSPS) is 9.61. The lowest BCUT2D eigenvalue weighted by atomic mass is 10.1. The third kappa shape index (κ3) is 2.38. The van der Waals surface area contributed by atoms with E-state index in [0.717, 1.165) is 16.9 Å². The maximum Gasteiger partial charge on any atom is 0.238 e. The number of benzene rings is 1. The molecule has 0 amide bonds. The average molecular weight is 240 g/mol. The van der Waals surface area contributed by atoms with E-state index in [1.54, 1.807) is 26.6 Å². The third-order valence-electron chi connectivity index (χ3n) is 2.49. The Morgan fingerprint density at radius 2 is 1.94 bits per heavy atom. The minimum Gasteiger partial charge on any atom is -0.497 e. The van der Waals surface area contributed by atoms with Gasteiger partial charge in [0.05, 0.1) is 7.11 Å². The first-order valence-corrected chi connectivity index (χ1v) is 5.34. The molecule has 18 heavy (non-hydrogen) atoms. The van der Waals surface area contributed by atoms with Crippen molar-refractivity contribution < 1.29 is 4.74 Å². The van der Waals surface area contributed by atoms with Crippen LogP contribution in [0.25, 0.3) is 11.1 Å². The van der Waals surface area contributed by atoms with Crippen molar-refractivity contribution in [3.05, 3.63) is 36.7 Å². The number of rotatable bonds is 3. The summed E-state index contributed by atoms with van der Waals surface area (Å²) in [4.78, 5) is 9.57. The van der Waals surface area contributed by atoms with Crippen LogP contribution in [0.3, 0.4) is 0 Å². The summed E-state index contributed by atoms with van der Waals surface area (Å²) in [5, 5.41) is 8.72. The smallest absolute Gasteiger partial charge is 0.238 e. The van der Waals surface area contributed by atoms with Crippen molar-refractivity contribution in [1.29, 1.82) is 5.26 Å². The van der Waals surface area contributed by atoms with Gasteiger partial charge in [0, 0.05) is 25.0 Å². The zero-order valence-corrected chi connectivity index (χ0v) is 10.2. The number of aromatic nitrogens is 2. The van der Waals surface area contributed by atoms with Gasteiger partial charge in [0.25, 0.3) is 0 Å². The Balaban J connectivity index is 2.31. The van der Waals surface area contributed by atoms with E-state index in [4.69, 9.17) is 10.00 Å². The molecule has 0 saturated carbocycles. The van der Waals surface area contributed by atoms with E-state index in [9.17, 15) is 0 Å². The van der Waals surface area contributed by atoms with E-state index in [-0.39, 0.29) is 0 Å². The lowest BCUT2D eigenvalue weighted by Crippen LogP contribution is -2.11. The number of hydrogen-bond acceptors (Lipinski definition) is 5. The van der Waals surface area contributed by atoms with E-state index < -0.39 is 0 Å². The molecule has 0 radical (unpaired) electrons. The van der Waals surface area contributed by atoms with E-state index in [1.807, 2.05) is 30.5 Å². The quantitative estimate of drug-likeness (QED) is 0.607. The van der Waals surface area contributed by atoms with E-state index in [0.29, 0.717) is 5.95 Å². The predicted octanol–water partition coefficient (Wildman–Crippen LogP) is 2.07. The topological polar surface area (TPSA) is 62.0 Å². The second kappa shape index (κ2) is 5.15. The highest BCUT2D eigenvalue weighted by atomic mass is 16.5. The second-order valence-corrected chi connectivity index (χ2v) is 3.66. The van der Waals surface area contributed by atoms with Gasteiger partial charge >= 0.3 is 0 Å². The molecule has 2 rings (SSSR count). The van der Waals surface area contributed by atoms with Crippen LogP contribution in [0.15, 0.2) is 36.7 Å². The molecule has 5 nitrogen and oxygen atoms in total. The van der Waals surface area contributed by atoms with Gasteiger partial charge in [-0.2, -0.15) is 5.26 Å². The molecule has 5 heteroatoms. The van der Waals surface area contributed by atoms with Gasteiger partial charge < -0.3 is 4.74 Å². The van der Waals surface area contributed by atoms with Gasteiger partial charge in [0.1, 0.15) is 5.75 Å². The summed E-state index contributed by atoms with van der Waals surface area (Å²) < 4.78 is 5.16. The van der Waals surface area contributed by atoms with Crippen LogP contribution in [-0.4, -0.2) is 24.1 Å². The summed E-state index contributed by atoms with van der Waals surface area (Å²) in [5.74, 6) is 1.16. The lowest BCUT2D eigenvalue weighted by molar-refractivity contribution is 0.415. The average Bonchev–Trinajstić information content (AvgIpc) is 2.46. The SMILES string of the molecule is COc1cccc(-c2cnc(N(C)C#N)nc2)c1. The van der Waals surface area contributed by atoms with Crippen molar-refractivity contribution in [2.45, 2.75) is 0 Å². The molecular weight excluding hydrogens is 228 g/mol. The Bertz CT molecular complexity index is 574. The van der Waals surface area contributed by atoms with E-state index in [2.05, 4.69) is 9.97 Å². The first-order chi connectivity index (χ1) is 8.74. The highest BCUT2D eigenvalue weighted by molar-refractivity contribution is 5.63. The molecule has 90 valence electrons.